The molecule has 0 spiro atoms. The number of hydrogen-bond donors (Lipinski definition) is 2. The van der Waals surface area contributed by atoms with Gasteiger partial charge in [-0.25, -0.2) is 0 Å². The maximum absolute atomic E-state index is 11.3. The van der Waals surface area contributed by atoms with E-state index in [9.17, 15) is 14.4 Å². The summed E-state index contributed by atoms with van der Waals surface area (Å²) in [6.07, 6.45) is -0.249. The normalized spacial score (nSPS) is 11.7. The lowest BCUT2D eigenvalue weighted by Crippen LogP contribution is -2.08. The summed E-state index contributed by atoms with van der Waals surface area (Å²) in [4.78, 5) is 18.4. The summed E-state index contributed by atoms with van der Waals surface area (Å²) < 4.78 is 11.3. The lowest BCUT2D eigenvalue weighted by Gasteiger charge is -2.17. The van der Waals surface area contributed by atoms with Crippen molar-refractivity contribution in [3.05, 3.63) is 77.7 Å². The number of benzene rings is 2. The third kappa shape index (κ3) is 3.54. The average molecular weight is 261 g/mol. The maximum Gasteiger partial charge on any atom is 0.326 e. The van der Waals surface area contributed by atoms with Crippen molar-refractivity contribution in [1.29, 1.82) is 0 Å². The summed E-state index contributed by atoms with van der Waals surface area (Å²) in [5, 5.41) is 0. The molecule has 0 fully saturated rings. The molecule has 1 radical (unpaired) electrons. The van der Waals surface area contributed by atoms with Crippen LogP contribution in [-0.4, -0.2) is 15.9 Å². The molecule has 0 aliphatic heterocycles. The SMILES string of the molecule is O=P(O)(O)C[C](c1ccccc1)c1ccccc1. The molecule has 2 rings (SSSR count). The molecular weight excluding hydrogens is 247 g/mol. The first kappa shape index (κ1) is 13.0. The maximum atomic E-state index is 11.3. The molecule has 2 N–H and O–H groups in total. The van der Waals surface area contributed by atoms with Crippen LogP contribution in [0.1, 0.15) is 11.1 Å². The highest BCUT2D eigenvalue weighted by atomic mass is 31.2. The minimum Gasteiger partial charge on any atom is -0.324 e. The fourth-order valence-electron chi connectivity index (χ4n) is 1.83. The quantitative estimate of drug-likeness (QED) is 0.832. The van der Waals surface area contributed by atoms with Gasteiger partial charge < -0.3 is 9.79 Å². The minimum atomic E-state index is -4.09. The molecule has 0 unspecified atom stereocenters. The summed E-state index contributed by atoms with van der Waals surface area (Å²) in [7, 11) is -4.09. The van der Waals surface area contributed by atoms with Gasteiger partial charge in [-0.3, -0.25) is 4.57 Å². The highest BCUT2D eigenvalue weighted by Crippen LogP contribution is 2.42. The van der Waals surface area contributed by atoms with Crippen molar-refractivity contribution in [1.82, 2.24) is 0 Å². The summed E-state index contributed by atoms with van der Waals surface area (Å²) >= 11 is 0. The Bertz CT molecular complexity index is 494. The van der Waals surface area contributed by atoms with E-state index >= 15 is 0 Å². The van der Waals surface area contributed by atoms with Crippen molar-refractivity contribution in [3.63, 3.8) is 0 Å². The Kier molecular flexibility index (Phi) is 3.97. The molecule has 4 heteroatoms. The first-order valence-corrected chi connectivity index (χ1v) is 7.37. The molecule has 0 atom stereocenters. The molecule has 0 amide bonds. The number of rotatable bonds is 4. The second kappa shape index (κ2) is 5.49. The molecule has 0 aliphatic carbocycles. The van der Waals surface area contributed by atoms with E-state index in [0.717, 1.165) is 11.1 Å². The molecular formula is C14H14O3P. The topological polar surface area (TPSA) is 57.5 Å². The second-order valence-corrected chi connectivity index (χ2v) is 5.68. The van der Waals surface area contributed by atoms with Gasteiger partial charge in [0.2, 0.25) is 0 Å². The fraction of sp³-hybridized carbons (Fsp3) is 0.0714. The van der Waals surface area contributed by atoms with Crippen molar-refractivity contribution < 1.29 is 14.4 Å². The van der Waals surface area contributed by atoms with Crippen LogP contribution in [0.4, 0.5) is 0 Å². The van der Waals surface area contributed by atoms with E-state index in [0.29, 0.717) is 5.92 Å². The van der Waals surface area contributed by atoms with Crippen LogP contribution < -0.4 is 0 Å². The molecule has 18 heavy (non-hydrogen) atoms. The Balaban J connectivity index is 2.39. The van der Waals surface area contributed by atoms with Gasteiger partial charge in [-0.15, -0.1) is 0 Å². The predicted octanol–water partition coefficient (Wildman–Crippen LogP) is 2.84. The Morgan fingerprint density at radius 2 is 1.22 bits per heavy atom. The zero-order valence-electron chi connectivity index (χ0n) is 9.73. The summed E-state index contributed by atoms with van der Waals surface area (Å²) in [6.45, 7) is 0. The van der Waals surface area contributed by atoms with Gasteiger partial charge in [-0.05, 0) is 11.1 Å². The van der Waals surface area contributed by atoms with Gasteiger partial charge in [-0.2, -0.15) is 0 Å². The van der Waals surface area contributed by atoms with E-state index in [1.807, 2.05) is 60.7 Å². The molecule has 0 bridgehead atoms. The lowest BCUT2D eigenvalue weighted by atomic mass is 9.93. The number of hydrogen-bond acceptors (Lipinski definition) is 1. The van der Waals surface area contributed by atoms with E-state index in [2.05, 4.69) is 0 Å². The highest BCUT2D eigenvalue weighted by Gasteiger charge is 2.24. The third-order valence-electron chi connectivity index (χ3n) is 2.61. The van der Waals surface area contributed by atoms with Crippen LogP contribution in [0.5, 0.6) is 0 Å². The minimum absolute atomic E-state index is 0.249. The first-order chi connectivity index (χ1) is 8.56. The summed E-state index contributed by atoms with van der Waals surface area (Å²) in [6, 6.07) is 18.6. The van der Waals surface area contributed by atoms with Crippen molar-refractivity contribution in [3.8, 4) is 0 Å². The Morgan fingerprint density at radius 3 is 1.56 bits per heavy atom. The lowest BCUT2D eigenvalue weighted by molar-refractivity contribution is 0.375. The van der Waals surface area contributed by atoms with Gasteiger partial charge in [0.15, 0.2) is 0 Å². The van der Waals surface area contributed by atoms with Crippen LogP contribution in [0.15, 0.2) is 60.7 Å². The zero-order valence-corrected chi connectivity index (χ0v) is 10.6. The van der Waals surface area contributed by atoms with Gasteiger partial charge in [0.05, 0.1) is 6.16 Å². The van der Waals surface area contributed by atoms with Gasteiger partial charge in [-0.1, -0.05) is 60.7 Å². The Morgan fingerprint density at radius 1 is 0.833 bits per heavy atom. The van der Waals surface area contributed by atoms with E-state index in [1.54, 1.807) is 0 Å². The van der Waals surface area contributed by atoms with Gasteiger partial charge >= 0.3 is 7.60 Å². The van der Waals surface area contributed by atoms with Crippen molar-refractivity contribution in [2.75, 3.05) is 6.16 Å². The average Bonchev–Trinajstić information content (AvgIpc) is 2.37. The van der Waals surface area contributed by atoms with E-state index in [-0.39, 0.29) is 6.16 Å². The Hall–Kier alpha value is -1.41. The third-order valence-corrected chi connectivity index (χ3v) is 3.34. The monoisotopic (exact) mass is 261 g/mol. The van der Waals surface area contributed by atoms with E-state index in [4.69, 9.17) is 0 Å². The smallest absolute Gasteiger partial charge is 0.324 e. The Labute approximate surface area is 106 Å². The van der Waals surface area contributed by atoms with Crippen LogP contribution in [0.2, 0.25) is 0 Å². The van der Waals surface area contributed by atoms with Crippen LogP contribution in [0, 0.1) is 5.92 Å². The van der Waals surface area contributed by atoms with Crippen LogP contribution in [0.25, 0.3) is 0 Å². The van der Waals surface area contributed by atoms with Crippen molar-refractivity contribution in [2.45, 2.75) is 0 Å². The molecule has 0 heterocycles. The van der Waals surface area contributed by atoms with Crippen molar-refractivity contribution >= 4 is 7.60 Å². The molecule has 2 aromatic carbocycles. The second-order valence-electron chi connectivity index (χ2n) is 4.03. The molecule has 93 valence electrons. The largest absolute Gasteiger partial charge is 0.326 e. The van der Waals surface area contributed by atoms with Gasteiger partial charge in [0.1, 0.15) is 0 Å². The molecule has 0 aromatic heterocycles. The van der Waals surface area contributed by atoms with Crippen molar-refractivity contribution in [2.24, 2.45) is 0 Å². The van der Waals surface area contributed by atoms with E-state index in [1.165, 1.54) is 0 Å². The van der Waals surface area contributed by atoms with Crippen LogP contribution >= 0.6 is 7.60 Å². The molecule has 2 aromatic rings. The van der Waals surface area contributed by atoms with Gasteiger partial charge in [0.25, 0.3) is 0 Å². The molecule has 3 nitrogen and oxygen atoms in total. The fourth-order valence-corrected chi connectivity index (χ4v) is 2.61. The molecule has 0 saturated heterocycles. The zero-order chi connectivity index (χ0) is 13.0. The molecule has 0 aliphatic rings. The van der Waals surface area contributed by atoms with Crippen LogP contribution in [0.3, 0.4) is 0 Å². The van der Waals surface area contributed by atoms with Gasteiger partial charge in [0, 0.05) is 5.92 Å². The predicted molar refractivity (Wildman–Crippen MR) is 71.2 cm³/mol. The van der Waals surface area contributed by atoms with Crippen LogP contribution in [-0.2, 0) is 4.57 Å². The highest BCUT2D eigenvalue weighted by molar-refractivity contribution is 7.52. The first-order valence-electron chi connectivity index (χ1n) is 5.57. The molecule has 0 saturated carbocycles. The summed E-state index contributed by atoms with van der Waals surface area (Å²) in [5.74, 6) is 0.671. The summed E-state index contributed by atoms with van der Waals surface area (Å²) in [5.41, 5.74) is 1.68. The van der Waals surface area contributed by atoms with E-state index < -0.39 is 7.60 Å². The standard InChI is InChI=1S/C14H14O3P/c15-18(16,17)11-14(12-7-3-1-4-8-12)13-9-5-2-6-10-13/h1-10H,11H2,(H2,15,16,17).